The maximum Gasteiger partial charge on any atom is 0.270 e. The molecule has 0 aromatic heterocycles. The van der Waals surface area contributed by atoms with Crippen molar-refractivity contribution in [3.8, 4) is 0 Å². The van der Waals surface area contributed by atoms with Gasteiger partial charge in [-0.2, -0.15) is 0 Å². The number of non-ortho nitro benzene ring substituents is 1. The van der Waals surface area contributed by atoms with E-state index < -0.39 is 10.8 Å². The summed E-state index contributed by atoms with van der Waals surface area (Å²) in [7, 11) is 1.58. The quantitative estimate of drug-likeness (QED) is 0.529. The minimum atomic E-state index is -0.688. The number of nitrogens with zero attached hydrogens (tertiary/aromatic N) is 1. The topological polar surface area (TPSA) is 95.5 Å². The summed E-state index contributed by atoms with van der Waals surface area (Å²) >= 11 is 0. The Morgan fingerprint density at radius 3 is 2.52 bits per heavy atom. The van der Waals surface area contributed by atoms with Crippen LogP contribution in [0.3, 0.4) is 0 Å². The molecule has 138 valence electrons. The number of primary amides is 1. The van der Waals surface area contributed by atoms with E-state index in [9.17, 15) is 14.9 Å². The Morgan fingerprint density at radius 1 is 1.15 bits per heavy atom. The summed E-state index contributed by atoms with van der Waals surface area (Å²) in [5.41, 5.74) is 7.73. The summed E-state index contributed by atoms with van der Waals surface area (Å²) in [6.45, 7) is 2.07. The molecule has 1 unspecified atom stereocenters. The highest BCUT2D eigenvalue weighted by Gasteiger charge is 2.24. The lowest BCUT2D eigenvalue weighted by molar-refractivity contribution is -0.385. The van der Waals surface area contributed by atoms with Crippen LogP contribution in [-0.4, -0.2) is 24.5 Å². The highest BCUT2D eigenvalue weighted by Crippen LogP contribution is 2.35. The van der Waals surface area contributed by atoms with E-state index in [-0.39, 0.29) is 17.2 Å². The van der Waals surface area contributed by atoms with E-state index >= 15 is 0 Å². The fraction of sp³-hybridized carbons (Fsp3) is 0.190. The van der Waals surface area contributed by atoms with E-state index in [1.165, 1.54) is 12.1 Å². The standard InChI is InChI=1S/C21H20N2O4/c1-13-18(10-15(23(25)26)11-19(13)21(22)24)20(12-27-2)17-9-5-7-14-6-3-4-8-16(14)17/h3-11,20H,12H2,1-2H3,(H2,22,24). The Morgan fingerprint density at radius 2 is 1.85 bits per heavy atom. The van der Waals surface area contributed by atoms with Crippen molar-refractivity contribution < 1.29 is 14.5 Å². The SMILES string of the molecule is COCC(c1cc([N+](=O)[O-])cc(C(N)=O)c1C)c1cccc2ccccc12. The third-order valence-corrected chi connectivity index (χ3v) is 4.82. The van der Waals surface area contributed by atoms with E-state index in [1.807, 2.05) is 42.5 Å². The summed E-state index contributed by atoms with van der Waals surface area (Å²) in [5.74, 6) is -0.967. The molecule has 2 N–H and O–H groups in total. The van der Waals surface area contributed by atoms with Crippen molar-refractivity contribution in [2.24, 2.45) is 5.73 Å². The Hall–Kier alpha value is -3.25. The van der Waals surface area contributed by atoms with Gasteiger partial charge in [0.15, 0.2) is 0 Å². The van der Waals surface area contributed by atoms with Crippen LogP contribution in [-0.2, 0) is 4.74 Å². The van der Waals surface area contributed by atoms with E-state index in [2.05, 4.69) is 0 Å². The molecule has 0 aliphatic carbocycles. The molecule has 1 amide bonds. The highest BCUT2D eigenvalue weighted by atomic mass is 16.6. The zero-order valence-electron chi connectivity index (χ0n) is 15.1. The predicted octanol–water partition coefficient (Wildman–Crippen LogP) is 3.93. The van der Waals surface area contributed by atoms with Crippen molar-refractivity contribution in [1.29, 1.82) is 0 Å². The van der Waals surface area contributed by atoms with Gasteiger partial charge in [0.2, 0.25) is 5.91 Å². The van der Waals surface area contributed by atoms with Gasteiger partial charge in [-0.15, -0.1) is 0 Å². The van der Waals surface area contributed by atoms with Gasteiger partial charge >= 0.3 is 0 Å². The molecule has 0 saturated heterocycles. The second-order valence-electron chi connectivity index (χ2n) is 6.41. The molecule has 3 rings (SSSR count). The third kappa shape index (κ3) is 3.52. The first-order chi connectivity index (χ1) is 12.9. The largest absolute Gasteiger partial charge is 0.384 e. The number of hydrogen-bond donors (Lipinski definition) is 1. The highest BCUT2D eigenvalue weighted by molar-refractivity contribution is 5.95. The van der Waals surface area contributed by atoms with Crippen LogP contribution in [0.25, 0.3) is 10.8 Å². The van der Waals surface area contributed by atoms with Gasteiger partial charge in [-0.3, -0.25) is 14.9 Å². The molecule has 6 nitrogen and oxygen atoms in total. The van der Waals surface area contributed by atoms with Crippen LogP contribution in [0.1, 0.15) is 33.0 Å². The smallest absolute Gasteiger partial charge is 0.270 e. The lowest BCUT2D eigenvalue weighted by Crippen LogP contribution is -2.17. The summed E-state index contributed by atoms with van der Waals surface area (Å²) < 4.78 is 5.43. The van der Waals surface area contributed by atoms with Gasteiger partial charge in [0.1, 0.15) is 0 Å². The zero-order chi connectivity index (χ0) is 19.6. The van der Waals surface area contributed by atoms with Crippen molar-refractivity contribution in [1.82, 2.24) is 0 Å². The maximum absolute atomic E-state index is 11.8. The molecule has 0 radical (unpaired) electrons. The van der Waals surface area contributed by atoms with Crippen LogP contribution in [0.2, 0.25) is 0 Å². The van der Waals surface area contributed by atoms with Crippen molar-refractivity contribution in [2.75, 3.05) is 13.7 Å². The Kier molecular flexibility index (Phi) is 5.19. The lowest BCUT2D eigenvalue weighted by Gasteiger charge is -2.22. The van der Waals surface area contributed by atoms with Crippen LogP contribution < -0.4 is 5.73 Å². The molecular formula is C21H20N2O4. The van der Waals surface area contributed by atoms with Gasteiger partial charge in [-0.05, 0) is 34.4 Å². The number of fused-ring (bicyclic) bond motifs is 1. The molecular weight excluding hydrogens is 344 g/mol. The summed E-state index contributed by atoms with van der Waals surface area (Å²) in [5, 5.41) is 13.5. The van der Waals surface area contributed by atoms with Crippen molar-refractivity contribution >= 4 is 22.4 Å². The lowest BCUT2D eigenvalue weighted by atomic mass is 9.84. The van der Waals surface area contributed by atoms with Crippen molar-refractivity contribution in [3.05, 3.63) is 87.0 Å². The number of benzene rings is 3. The monoisotopic (exact) mass is 364 g/mol. The van der Waals surface area contributed by atoms with E-state index in [4.69, 9.17) is 10.5 Å². The Labute approximate surface area is 156 Å². The van der Waals surface area contributed by atoms with Crippen LogP contribution >= 0.6 is 0 Å². The van der Waals surface area contributed by atoms with Crippen molar-refractivity contribution in [3.63, 3.8) is 0 Å². The van der Waals surface area contributed by atoms with Gasteiger partial charge in [0.25, 0.3) is 5.69 Å². The van der Waals surface area contributed by atoms with Crippen LogP contribution in [0.15, 0.2) is 54.6 Å². The van der Waals surface area contributed by atoms with Gasteiger partial charge in [-0.25, -0.2) is 0 Å². The molecule has 6 heteroatoms. The molecule has 0 heterocycles. The molecule has 0 aliphatic heterocycles. The first kappa shape index (κ1) is 18.5. The zero-order valence-corrected chi connectivity index (χ0v) is 15.1. The van der Waals surface area contributed by atoms with Crippen LogP contribution in [0.4, 0.5) is 5.69 Å². The van der Waals surface area contributed by atoms with Crippen LogP contribution in [0.5, 0.6) is 0 Å². The fourth-order valence-corrected chi connectivity index (χ4v) is 3.51. The van der Waals surface area contributed by atoms with Gasteiger partial charge < -0.3 is 10.5 Å². The van der Waals surface area contributed by atoms with Gasteiger partial charge in [0.05, 0.1) is 11.5 Å². The second kappa shape index (κ2) is 7.55. The average Bonchev–Trinajstić information content (AvgIpc) is 2.66. The first-order valence-electron chi connectivity index (χ1n) is 8.49. The number of nitrogens with two attached hydrogens (primary N) is 1. The molecule has 3 aromatic carbocycles. The average molecular weight is 364 g/mol. The number of ether oxygens (including phenoxy) is 1. The van der Waals surface area contributed by atoms with E-state index in [0.29, 0.717) is 17.7 Å². The summed E-state index contributed by atoms with van der Waals surface area (Å²) in [6, 6.07) is 16.6. The second-order valence-corrected chi connectivity index (χ2v) is 6.41. The third-order valence-electron chi connectivity index (χ3n) is 4.82. The number of hydrogen-bond acceptors (Lipinski definition) is 4. The van der Waals surface area contributed by atoms with E-state index in [1.54, 1.807) is 14.0 Å². The van der Waals surface area contributed by atoms with Crippen LogP contribution in [0, 0.1) is 17.0 Å². The molecule has 0 saturated carbocycles. The van der Waals surface area contributed by atoms with Crippen molar-refractivity contribution in [2.45, 2.75) is 12.8 Å². The minimum absolute atomic E-state index is 0.153. The molecule has 0 fully saturated rings. The van der Waals surface area contributed by atoms with E-state index in [0.717, 1.165) is 16.3 Å². The molecule has 0 spiro atoms. The Balaban J connectivity index is 2.29. The molecule has 0 aliphatic rings. The summed E-state index contributed by atoms with van der Waals surface area (Å²) in [6.07, 6.45) is 0. The number of methoxy groups -OCH3 is 1. The number of carbonyl (C=O) groups is 1. The molecule has 0 bridgehead atoms. The first-order valence-corrected chi connectivity index (χ1v) is 8.49. The molecule has 3 aromatic rings. The Bertz CT molecular complexity index is 1020. The predicted molar refractivity (Wildman–Crippen MR) is 104 cm³/mol. The molecule has 27 heavy (non-hydrogen) atoms. The number of nitro benzene ring substituents is 1. The number of carbonyl (C=O) groups excluding carboxylic acids is 1. The number of amides is 1. The fourth-order valence-electron chi connectivity index (χ4n) is 3.51. The van der Waals surface area contributed by atoms with Gasteiger partial charge in [-0.1, -0.05) is 42.5 Å². The normalized spacial score (nSPS) is 12.1. The molecule has 1 atom stereocenters. The minimum Gasteiger partial charge on any atom is -0.384 e. The number of nitro groups is 1. The maximum atomic E-state index is 11.8. The number of rotatable bonds is 6. The van der Waals surface area contributed by atoms with Gasteiger partial charge in [0, 0.05) is 30.7 Å². The summed E-state index contributed by atoms with van der Waals surface area (Å²) in [4.78, 5) is 22.7.